The highest BCUT2D eigenvalue weighted by molar-refractivity contribution is 7.89. The van der Waals surface area contributed by atoms with Crippen molar-refractivity contribution >= 4 is 55.0 Å². The van der Waals surface area contributed by atoms with Crippen LogP contribution in [0.15, 0.2) is 41.3 Å². The van der Waals surface area contributed by atoms with E-state index in [-0.39, 0.29) is 23.2 Å². The van der Waals surface area contributed by atoms with Crippen LogP contribution in [0.4, 0.5) is 5.13 Å². The Morgan fingerprint density at radius 3 is 2.40 bits per heavy atom. The molecule has 2 aliphatic rings. The van der Waals surface area contributed by atoms with Crippen molar-refractivity contribution in [2.24, 2.45) is 5.92 Å². The Balaban J connectivity index is 0.00000370. The van der Waals surface area contributed by atoms with E-state index in [4.69, 9.17) is 14.5 Å². The van der Waals surface area contributed by atoms with Gasteiger partial charge in [-0.2, -0.15) is 4.31 Å². The number of carbonyl (C=O) groups is 1. The summed E-state index contributed by atoms with van der Waals surface area (Å²) < 4.78 is 40.3. The van der Waals surface area contributed by atoms with E-state index in [1.165, 1.54) is 11.3 Å². The molecule has 1 aromatic heterocycles. The molecule has 0 spiro atoms. The maximum absolute atomic E-state index is 13.8. The Morgan fingerprint density at radius 1 is 1.07 bits per heavy atom. The number of anilines is 1. The number of hydrogen-bond donors (Lipinski definition) is 0. The summed E-state index contributed by atoms with van der Waals surface area (Å²) in [6.45, 7) is 11.2. The lowest BCUT2D eigenvalue weighted by atomic mass is 10.0. The van der Waals surface area contributed by atoms with E-state index >= 15 is 0 Å². The number of benzene rings is 2. The third kappa shape index (κ3) is 6.38. The summed E-state index contributed by atoms with van der Waals surface area (Å²) in [5.74, 6) is 1.47. The van der Waals surface area contributed by atoms with E-state index < -0.39 is 10.0 Å². The van der Waals surface area contributed by atoms with Crippen molar-refractivity contribution in [2.45, 2.75) is 38.5 Å². The van der Waals surface area contributed by atoms with Crippen LogP contribution in [-0.4, -0.2) is 81.0 Å². The zero-order chi connectivity index (χ0) is 27.6. The Bertz CT molecular complexity index is 1380. The molecule has 3 aromatic rings. The SMILES string of the molecule is CCN(CC)CCN(C(=O)c1ccc(S(=O)(=O)N2CCCC(C)C2)cc1)c1nc2cc3c(cc2s1)OCCO3.Cl. The van der Waals surface area contributed by atoms with Gasteiger partial charge in [0.05, 0.1) is 15.1 Å². The molecule has 1 saturated heterocycles. The van der Waals surface area contributed by atoms with E-state index in [0.717, 1.165) is 36.1 Å². The second-order valence-corrected chi connectivity index (χ2v) is 13.0. The third-order valence-corrected chi connectivity index (χ3v) is 10.3. The van der Waals surface area contributed by atoms with Crippen molar-refractivity contribution in [1.29, 1.82) is 0 Å². The molecular formula is C28H37ClN4O5S2. The summed E-state index contributed by atoms with van der Waals surface area (Å²) >= 11 is 1.43. The smallest absolute Gasteiger partial charge is 0.260 e. The fourth-order valence-corrected chi connectivity index (χ4v) is 7.67. The number of piperidine rings is 1. The fourth-order valence-electron chi connectivity index (χ4n) is 5.07. The van der Waals surface area contributed by atoms with Gasteiger partial charge < -0.3 is 14.4 Å². The summed E-state index contributed by atoms with van der Waals surface area (Å²) in [5, 5.41) is 0.587. The topological polar surface area (TPSA) is 92.3 Å². The first-order valence-corrected chi connectivity index (χ1v) is 15.9. The number of hydrogen-bond acceptors (Lipinski definition) is 8. The molecule has 0 saturated carbocycles. The summed E-state index contributed by atoms with van der Waals surface area (Å²) in [5.41, 5.74) is 1.17. The highest BCUT2D eigenvalue weighted by Crippen LogP contribution is 2.39. The van der Waals surface area contributed by atoms with Crippen LogP contribution in [0.2, 0.25) is 0 Å². The van der Waals surface area contributed by atoms with Gasteiger partial charge in [-0.15, -0.1) is 12.4 Å². The van der Waals surface area contributed by atoms with Crippen LogP contribution < -0.4 is 14.4 Å². The predicted octanol–water partition coefficient (Wildman–Crippen LogP) is 4.90. The minimum atomic E-state index is -3.60. The first-order valence-electron chi connectivity index (χ1n) is 13.6. The van der Waals surface area contributed by atoms with E-state index in [1.807, 2.05) is 12.1 Å². The van der Waals surface area contributed by atoms with Gasteiger partial charge in [-0.25, -0.2) is 13.4 Å². The lowest BCUT2D eigenvalue weighted by Gasteiger charge is -2.30. The quantitative estimate of drug-likeness (QED) is 0.341. The molecule has 1 atom stereocenters. The van der Waals surface area contributed by atoms with Crippen molar-refractivity contribution in [3.05, 3.63) is 42.0 Å². The zero-order valence-corrected chi connectivity index (χ0v) is 25.6. The van der Waals surface area contributed by atoms with Gasteiger partial charge in [0.2, 0.25) is 10.0 Å². The van der Waals surface area contributed by atoms with Gasteiger partial charge in [-0.1, -0.05) is 32.1 Å². The van der Waals surface area contributed by atoms with Crippen LogP contribution in [-0.2, 0) is 10.0 Å². The van der Waals surface area contributed by atoms with Gasteiger partial charge >= 0.3 is 0 Å². The van der Waals surface area contributed by atoms with Crippen molar-refractivity contribution < 1.29 is 22.7 Å². The number of nitrogens with zero attached hydrogens (tertiary/aromatic N) is 4. The molecule has 9 nitrogen and oxygen atoms in total. The first kappa shape index (κ1) is 30.5. The molecule has 0 bridgehead atoms. The average Bonchev–Trinajstić information content (AvgIpc) is 3.36. The second-order valence-electron chi connectivity index (χ2n) is 10.1. The number of amides is 1. The number of aromatic nitrogens is 1. The van der Waals surface area contributed by atoms with Crippen LogP contribution in [0.5, 0.6) is 11.5 Å². The van der Waals surface area contributed by atoms with E-state index in [2.05, 4.69) is 25.7 Å². The molecule has 1 unspecified atom stereocenters. The molecule has 0 aliphatic carbocycles. The Kier molecular flexibility index (Phi) is 9.94. The van der Waals surface area contributed by atoms with Crippen molar-refractivity contribution in [3.63, 3.8) is 0 Å². The summed E-state index contributed by atoms with van der Waals surface area (Å²) in [7, 11) is -3.60. The van der Waals surface area contributed by atoms with Crippen LogP contribution in [0.25, 0.3) is 10.2 Å². The van der Waals surface area contributed by atoms with Gasteiger partial charge in [0.1, 0.15) is 13.2 Å². The molecule has 3 heterocycles. The van der Waals surface area contributed by atoms with E-state index in [1.54, 1.807) is 33.5 Å². The number of ether oxygens (including phenoxy) is 2. The number of sulfonamides is 1. The molecule has 218 valence electrons. The number of halogens is 1. The van der Waals surface area contributed by atoms with Gasteiger partial charge in [0.25, 0.3) is 5.91 Å². The highest BCUT2D eigenvalue weighted by atomic mass is 35.5. The average molecular weight is 609 g/mol. The van der Waals surface area contributed by atoms with E-state index in [0.29, 0.717) is 67.5 Å². The number of carbonyl (C=O) groups excluding carboxylic acids is 1. The van der Waals surface area contributed by atoms with Crippen LogP contribution in [0, 0.1) is 5.92 Å². The normalized spacial score (nSPS) is 17.6. The minimum absolute atomic E-state index is 0. The molecule has 40 heavy (non-hydrogen) atoms. The molecule has 5 rings (SSSR count). The van der Waals surface area contributed by atoms with Gasteiger partial charge in [0.15, 0.2) is 16.6 Å². The predicted molar refractivity (Wildman–Crippen MR) is 161 cm³/mol. The first-order chi connectivity index (χ1) is 18.8. The molecule has 1 amide bonds. The number of rotatable bonds is 9. The molecule has 2 aliphatic heterocycles. The monoisotopic (exact) mass is 608 g/mol. The standard InChI is InChI=1S/C28H36N4O5S2.ClH/c1-4-30(5-2)13-14-32(28-29-23-17-24-25(18-26(23)38-28)37-16-15-36-24)27(33)21-8-10-22(11-9-21)39(34,35)31-12-6-7-20(3)19-31;/h8-11,17-18,20H,4-7,12-16,19H2,1-3H3;1H. The van der Waals surface area contributed by atoms with Crippen LogP contribution in [0.1, 0.15) is 44.0 Å². The molecule has 0 radical (unpaired) electrons. The Hall–Kier alpha value is -2.44. The van der Waals surface area contributed by atoms with Crippen LogP contribution >= 0.6 is 23.7 Å². The molecule has 0 N–H and O–H groups in total. The fraction of sp³-hybridized carbons (Fsp3) is 0.500. The van der Waals surface area contributed by atoms with Crippen molar-refractivity contribution in [1.82, 2.24) is 14.2 Å². The van der Waals surface area contributed by atoms with E-state index in [9.17, 15) is 13.2 Å². The largest absolute Gasteiger partial charge is 0.486 e. The lowest BCUT2D eigenvalue weighted by molar-refractivity contribution is 0.0983. The summed E-state index contributed by atoms with van der Waals surface area (Å²) in [4.78, 5) is 22.8. The zero-order valence-electron chi connectivity index (χ0n) is 23.2. The molecule has 2 aromatic carbocycles. The second kappa shape index (κ2) is 13.0. The number of thiazole rings is 1. The molecular weight excluding hydrogens is 572 g/mol. The lowest BCUT2D eigenvalue weighted by Crippen LogP contribution is -2.39. The maximum atomic E-state index is 13.8. The minimum Gasteiger partial charge on any atom is -0.486 e. The van der Waals surface area contributed by atoms with Gasteiger partial charge in [0, 0.05) is 43.9 Å². The van der Waals surface area contributed by atoms with Crippen molar-refractivity contribution in [2.75, 3.05) is 57.4 Å². The molecule has 1 fully saturated rings. The summed E-state index contributed by atoms with van der Waals surface area (Å²) in [6.07, 6.45) is 1.90. The summed E-state index contributed by atoms with van der Waals surface area (Å²) in [6, 6.07) is 10.1. The third-order valence-electron chi connectivity index (χ3n) is 7.41. The Labute approximate surface area is 246 Å². The molecule has 12 heteroatoms. The van der Waals surface area contributed by atoms with Crippen LogP contribution in [0.3, 0.4) is 0 Å². The maximum Gasteiger partial charge on any atom is 0.260 e. The van der Waals surface area contributed by atoms with Gasteiger partial charge in [-0.05, 0) is 56.1 Å². The number of likely N-dealkylation sites (N-methyl/N-ethyl adjacent to an activating group) is 1. The Morgan fingerprint density at radius 2 is 1.75 bits per heavy atom. The van der Waals surface area contributed by atoms with Gasteiger partial charge in [-0.3, -0.25) is 9.69 Å². The number of fused-ring (bicyclic) bond motifs is 2. The highest BCUT2D eigenvalue weighted by Gasteiger charge is 2.29. The van der Waals surface area contributed by atoms with Crippen molar-refractivity contribution in [3.8, 4) is 11.5 Å².